The molecule has 0 saturated carbocycles. The molecule has 2 aliphatic heterocycles. The maximum atomic E-state index is 15.2. The fourth-order valence-electron chi connectivity index (χ4n) is 7.79. The number of nitriles is 3. The third-order valence-electron chi connectivity index (χ3n) is 11.3. The van der Waals surface area contributed by atoms with Gasteiger partial charge in [0.25, 0.3) is 11.5 Å². The number of H-pyrrole nitrogens is 1. The van der Waals surface area contributed by atoms with E-state index in [0.717, 1.165) is 26.5 Å². The molecule has 78 heavy (non-hydrogen) atoms. The van der Waals surface area contributed by atoms with Gasteiger partial charge in [-0.15, -0.1) is 0 Å². The molecule has 6 heterocycles. The molecule has 0 radical (unpaired) electrons. The lowest BCUT2D eigenvalue weighted by Crippen LogP contribution is -2.40. The molecule has 5 aromatic rings. The molecular weight excluding hydrogens is 1070 g/mol. The lowest BCUT2D eigenvalue weighted by atomic mass is 10.1. The molecule has 0 aliphatic carbocycles. The van der Waals surface area contributed by atoms with Crippen LogP contribution in [0.5, 0.6) is 0 Å². The normalized spacial score (nSPS) is 21.8. The van der Waals surface area contributed by atoms with Crippen LogP contribution >= 0.6 is 15.6 Å². The zero-order valence-electron chi connectivity index (χ0n) is 42.2. The Morgan fingerprint density at radius 1 is 0.718 bits per heavy atom. The van der Waals surface area contributed by atoms with Gasteiger partial charge in [0.1, 0.15) is 30.7 Å². The fourth-order valence-corrected chi connectivity index (χ4v) is 10.4. The summed E-state index contributed by atoms with van der Waals surface area (Å²) in [7, 11) is -8.50. The summed E-state index contributed by atoms with van der Waals surface area (Å²) in [5.74, 6) is -3.55. The summed E-state index contributed by atoms with van der Waals surface area (Å²) in [5, 5.41) is 33.0. The summed E-state index contributed by atoms with van der Waals surface area (Å²) in [6.45, 7) is 2.28. The smallest absolute Gasteiger partial charge is 0.456 e. The van der Waals surface area contributed by atoms with Crippen molar-refractivity contribution in [1.29, 1.82) is 15.8 Å². The maximum absolute atomic E-state index is 15.2. The topological polar surface area (TPSA) is 407 Å². The van der Waals surface area contributed by atoms with E-state index in [1.54, 1.807) is 44.2 Å². The van der Waals surface area contributed by atoms with E-state index in [1.165, 1.54) is 22.6 Å². The highest BCUT2D eigenvalue weighted by Crippen LogP contribution is 2.56. The van der Waals surface area contributed by atoms with Crippen molar-refractivity contribution in [3.8, 4) is 18.2 Å². The largest absolute Gasteiger partial charge is 0.475 e. The number of phosphoric acid groups is 2. The second-order valence-electron chi connectivity index (χ2n) is 17.0. The highest BCUT2D eigenvalue weighted by molar-refractivity contribution is 7.48. The molecule has 9 atom stereocenters. The molecule has 2 amide bonds. The Bertz CT molecular complexity index is 3240. The number of nitrogens with one attached hydrogen (secondary N) is 3. The van der Waals surface area contributed by atoms with Crippen LogP contribution in [0.3, 0.4) is 0 Å². The number of amides is 2. The molecule has 414 valence electrons. The number of esters is 2. The summed E-state index contributed by atoms with van der Waals surface area (Å²) < 4.78 is 95.9. The number of hydrogen-bond acceptors (Lipinski definition) is 26. The molecular formula is C45H51N13O18P2. The minimum atomic E-state index is -5.13. The Labute approximate surface area is 442 Å². The number of phosphoric ester groups is 2. The Balaban J connectivity index is 1.24. The second kappa shape index (κ2) is 26.3. The SMILES string of the molecule is CO[C@@H]1[C@H](OP(=O)(OCCC#N)OC[C@H]2O[C@@H](n3cnc4c(=O)[nH]c(NC(=O)C(C)C)nc43)[C@H](OC(C)=O)[C@@H]2OC(C)=O)[C@@H](COP(=O)(OCCC#N)OCCC#N)O[C@H]1n1cnc2c(NC(=O)c3ccccc3)ncnc21. The summed E-state index contributed by atoms with van der Waals surface area (Å²) in [4.78, 5) is 88.2. The lowest BCUT2D eigenvalue weighted by Gasteiger charge is -2.28. The summed E-state index contributed by atoms with van der Waals surface area (Å²) >= 11 is 0. The first-order valence-corrected chi connectivity index (χ1v) is 26.6. The Morgan fingerprint density at radius 2 is 1.27 bits per heavy atom. The average molecular weight is 1120 g/mol. The van der Waals surface area contributed by atoms with Crippen molar-refractivity contribution in [2.45, 2.75) is 96.0 Å². The molecule has 1 unspecified atom stereocenters. The third kappa shape index (κ3) is 14.0. The third-order valence-corrected chi connectivity index (χ3v) is 14.2. The van der Waals surface area contributed by atoms with E-state index in [9.17, 15) is 33.8 Å². The van der Waals surface area contributed by atoms with Gasteiger partial charge < -0.3 is 29.0 Å². The molecule has 33 heteroatoms. The highest BCUT2D eigenvalue weighted by atomic mass is 31.2. The van der Waals surface area contributed by atoms with E-state index >= 15 is 4.57 Å². The molecule has 2 fully saturated rings. The van der Waals surface area contributed by atoms with E-state index in [-0.39, 0.29) is 53.4 Å². The van der Waals surface area contributed by atoms with Crippen molar-refractivity contribution in [3.05, 3.63) is 65.2 Å². The van der Waals surface area contributed by atoms with Crippen LogP contribution in [0.1, 0.15) is 69.8 Å². The van der Waals surface area contributed by atoms with Gasteiger partial charge in [-0.1, -0.05) is 32.0 Å². The summed E-state index contributed by atoms with van der Waals surface area (Å²) in [5.41, 5.74) is -0.704. The number of aromatic nitrogens is 8. The van der Waals surface area contributed by atoms with Gasteiger partial charge in [0.2, 0.25) is 11.9 Å². The number of fused-ring (bicyclic) bond motifs is 2. The van der Waals surface area contributed by atoms with Crippen molar-refractivity contribution >= 4 is 73.5 Å². The number of methoxy groups -OCH3 is 1. The summed E-state index contributed by atoms with van der Waals surface area (Å²) in [6, 6.07) is 13.8. The van der Waals surface area contributed by atoms with Crippen molar-refractivity contribution in [1.82, 2.24) is 39.0 Å². The van der Waals surface area contributed by atoms with Crippen molar-refractivity contribution < 1.29 is 79.1 Å². The van der Waals surface area contributed by atoms with Gasteiger partial charge in [0, 0.05) is 32.4 Å². The zero-order chi connectivity index (χ0) is 56.1. The molecule has 7 rings (SSSR count). The number of aromatic amines is 1. The molecule has 2 aliphatic rings. The van der Waals surface area contributed by atoms with Crippen LogP contribution in [-0.4, -0.2) is 140 Å². The van der Waals surface area contributed by atoms with Gasteiger partial charge in [-0.25, -0.2) is 29.1 Å². The number of carbonyl (C=O) groups excluding carboxylic acids is 4. The Hall–Kier alpha value is -7.43. The van der Waals surface area contributed by atoms with Crippen molar-refractivity contribution in [2.75, 3.05) is 50.8 Å². The number of anilines is 2. The van der Waals surface area contributed by atoms with Gasteiger partial charge in [0.05, 0.1) is 83.2 Å². The average Bonchev–Trinajstić information content (AvgIpc) is 4.37. The van der Waals surface area contributed by atoms with Gasteiger partial charge in [-0.3, -0.25) is 70.6 Å². The van der Waals surface area contributed by atoms with Crippen LogP contribution in [-0.2, 0) is 74.3 Å². The Kier molecular flexibility index (Phi) is 19.6. The first-order valence-electron chi connectivity index (χ1n) is 23.6. The van der Waals surface area contributed by atoms with E-state index in [1.807, 2.05) is 18.2 Å². The molecule has 1 aromatic carbocycles. The van der Waals surface area contributed by atoms with Crippen LogP contribution in [0.4, 0.5) is 11.8 Å². The number of benzene rings is 1. The monoisotopic (exact) mass is 1120 g/mol. The number of imidazole rings is 2. The molecule has 3 N–H and O–H groups in total. The molecule has 2 saturated heterocycles. The zero-order valence-corrected chi connectivity index (χ0v) is 44.0. The van der Waals surface area contributed by atoms with Crippen LogP contribution in [0.15, 0.2) is 54.1 Å². The van der Waals surface area contributed by atoms with Crippen LogP contribution < -0.4 is 16.2 Å². The lowest BCUT2D eigenvalue weighted by molar-refractivity contribution is -0.165. The predicted molar refractivity (Wildman–Crippen MR) is 262 cm³/mol. The quantitative estimate of drug-likeness (QED) is 0.0401. The van der Waals surface area contributed by atoms with Crippen LogP contribution in [0, 0.1) is 39.9 Å². The first kappa shape index (κ1) is 58.3. The minimum Gasteiger partial charge on any atom is -0.456 e. The van der Waals surface area contributed by atoms with Crippen molar-refractivity contribution in [2.24, 2.45) is 5.92 Å². The number of carbonyl (C=O) groups is 4. The van der Waals surface area contributed by atoms with Gasteiger partial charge in [-0.2, -0.15) is 20.8 Å². The van der Waals surface area contributed by atoms with Crippen molar-refractivity contribution in [3.63, 3.8) is 0 Å². The maximum Gasteiger partial charge on any atom is 0.475 e. The van der Waals surface area contributed by atoms with Crippen LogP contribution in [0.2, 0.25) is 0 Å². The van der Waals surface area contributed by atoms with E-state index in [0.29, 0.717) is 5.56 Å². The second-order valence-corrected chi connectivity index (χ2v) is 20.3. The number of ether oxygens (including phenoxy) is 5. The van der Waals surface area contributed by atoms with Gasteiger partial charge in [-0.05, 0) is 12.1 Å². The van der Waals surface area contributed by atoms with Gasteiger partial charge >= 0.3 is 27.6 Å². The van der Waals surface area contributed by atoms with Crippen LogP contribution in [0.25, 0.3) is 22.3 Å². The van der Waals surface area contributed by atoms with E-state index in [2.05, 4.69) is 40.5 Å². The number of nitrogens with zero attached hydrogens (tertiary/aromatic N) is 10. The molecule has 31 nitrogen and oxygen atoms in total. The Morgan fingerprint density at radius 3 is 1.86 bits per heavy atom. The van der Waals surface area contributed by atoms with Gasteiger partial charge in [0.15, 0.2) is 52.8 Å². The highest BCUT2D eigenvalue weighted by Gasteiger charge is 2.54. The van der Waals surface area contributed by atoms with E-state index in [4.69, 9.17) is 61.4 Å². The fraction of sp³-hybridized carbons (Fsp3) is 0.489. The van der Waals surface area contributed by atoms with E-state index < -0.39 is 133 Å². The first-order chi connectivity index (χ1) is 37.4. The standard InChI is InChI=1S/C45H51N13O18P2/c1-25(2)40(61)55-45-54-39-32(42(63)56-45)52-24-58(39)44-36(73-27(4)60)33(72-26(3)59)29(74-44)20-71-78(65,69-19-11-16-48)76-34-30(21-70-77(64,67-17-9-14-46)68-18-10-15-47)75-43(35(34)66-5)57-23-51-31-37(49-22-50-38(31)57)53-41(62)28-12-7-6-8-13-28/h6-8,12-13,22-25,29-30,33-36,43-44H,9-11,17-21H2,1-5H3,(H,49,50,53,62)(H2,54,55,56,61,63)/t29-,30-,33-,34-,35-,36-,43-,44-,78?/m1/s1. The molecule has 0 spiro atoms. The number of hydrogen-bond donors (Lipinski definition) is 3. The molecule has 0 bridgehead atoms. The minimum absolute atomic E-state index is 0.00595. The number of rotatable bonds is 26. The predicted octanol–water partition coefficient (Wildman–Crippen LogP) is 3.90. The summed E-state index contributed by atoms with van der Waals surface area (Å²) in [6.07, 6.45) is -9.37. The molecule has 4 aromatic heterocycles.